The van der Waals surface area contributed by atoms with Gasteiger partial charge in [0, 0.05) is 32.5 Å². The molecule has 1 atom stereocenters. The van der Waals surface area contributed by atoms with Crippen LogP contribution in [-0.2, 0) is 14.4 Å². The van der Waals surface area contributed by atoms with Gasteiger partial charge in [-0.15, -0.1) is 0 Å². The molecule has 146 valence electrons. The molecule has 0 spiro atoms. The lowest BCUT2D eigenvalue weighted by molar-refractivity contribution is -0.136. The predicted octanol–water partition coefficient (Wildman–Crippen LogP) is -0.447. The number of benzene rings is 1. The molecule has 3 aliphatic heterocycles. The summed E-state index contributed by atoms with van der Waals surface area (Å²) in [5.41, 5.74) is 0.0242. The first-order valence-electron chi connectivity index (χ1n) is 8.93. The fourth-order valence-electron chi connectivity index (χ4n) is 3.73. The van der Waals surface area contributed by atoms with E-state index in [0.29, 0.717) is 13.1 Å². The van der Waals surface area contributed by atoms with Crippen LogP contribution in [0.25, 0.3) is 0 Å². The number of rotatable bonds is 2. The number of carbonyl (C=O) groups is 5. The van der Waals surface area contributed by atoms with E-state index in [1.165, 1.54) is 6.07 Å². The molecule has 28 heavy (non-hydrogen) atoms. The van der Waals surface area contributed by atoms with Crippen molar-refractivity contribution < 1.29 is 28.4 Å². The number of hydrogen-bond acceptors (Lipinski definition) is 6. The smallest absolute Gasteiger partial charge is 0.262 e. The van der Waals surface area contributed by atoms with Gasteiger partial charge in [-0.05, 0) is 18.6 Å². The maximum atomic E-state index is 14.7. The van der Waals surface area contributed by atoms with Gasteiger partial charge < -0.3 is 10.2 Å². The molecule has 0 aromatic heterocycles. The van der Waals surface area contributed by atoms with Crippen LogP contribution >= 0.6 is 0 Å². The van der Waals surface area contributed by atoms with Crippen molar-refractivity contribution >= 4 is 35.2 Å². The summed E-state index contributed by atoms with van der Waals surface area (Å²) in [7, 11) is 0. The molecule has 2 N–H and O–H groups in total. The second-order valence-electron chi connectivity index (χ2n) is 6.88. The van der Waals surface area contributed by atoms with Gasteiger partial charge in [0.05, 0.1) is 16.8 Å². The lowest BCUT2D eigenvalue weighted by atomic mass is 10.0. The Morgan fingerprint density at radius 2 is 1.64 bits per heavy atom. The minimum Gasteiger partial charge on any atom is -0.367 e. The van der Waals surface area contributed by atoms with Gasteiger partial charge in [-0.1, -0.05) is 0 Å². The molecule has 10 heteroatoms. The number of anilines is 1. The quantitative estimate of drug-likeness (QED) is 0.664. The van der Waals surface area contributed by atoms with Gasteiger partial charge >= 0.3 is 0 Å². The molecule has 2 saturated heterocycles. The average Bonchev–Trinajstić information content (AvgIpc) is 2.78. The highest BCUT2D eigenvalue weighted by atomic mass is 19.1. The summed E-state index contributed by atoms with van der Waals surface area (Å²) >= 11 is 0. The third-order valence-corrected chi connectivity index (χ3v) is 5.16. The maximum Gasteiger partial charge on any atom is 0.262 e. The molecule has 1 aromatic rings. The highest BCUT2D eigenvalue weighted by Gasteiger charge is 2.45. The lowest BCUT2D eigenvalue weighted by Crippen LogP contribution is -2.54. The van der Waals surface area contributed by atoms with Gasteiger partial charge in [0.25, 0.3) is 11.8 Å². The number of halogens is 1. The van der Waals surface area contributed by atoms with Gasteiger partial charge in [0.1, 0.15) is 11.9 Å². The summed E-state index contributed by atoms with van der Waals surface area (Å²) in [4.78, 5) is 62.9. The second kappa shape index (κ2) is 6.70. The van der Waals surface area contributed by atoms with Gasteiger partial charge in [-0.2, -0.15) is 0 Å². The SMILES string of the molecule is O=C1CCN(c2cc3c(cc2F)C(=O)N(C2CCC(=O)NC2=O)C3=O)CCN1. The topological polar surface area (TPSA) is 116 Å². The summed E-state index contributed by atoms with van der Waals surface area (Å²) in [6.45, 7) is 0.978. The van der Waals surface area contributed by atoms with Crippen molar-refractivity contribution in [3.63, 3.8) is 0 Å². The van der Waals surface area contributed by atoms with Crippen molar-refractivity contribution in [1.29, 1.82) is 0 Å². The first kappa shape index (κ1) is 18.1. The Morgan fingerprint density at radius 1 is 0.929 bits per heavy atom. The zero-order chi connectivity index (χ0) is 20.0. The molecule has 3 aliphatic rings. The number of imide groups is 2. The van der Waals surface area contributed by atoms with Crippen molar-refractivity contribution in [2.24, 2.45) is 0 Å². The molecule has 2 fully saturated rings. The summed E-state index contributed by atoms with van der Waals surface area (Å²) in [6, 6.07) is 1.19. The van der Waals surface area contributed by atoms with Crippen LogP contribution in [0.2, 0.25) is 0 Å². The van der Waals surface area contributed by atoms with Crippen LogP contribution in [0.1, 0.15) is 40.0 Å². The minimum atomic E-state index is -1.10. The van der Waals surface area contributed by atoms with Crippen LogP contribution in [-0.4, -0.2) is 60.1 Å². The number of piperidine rings is 1. The molecular weight excluding hydrogens is 371 g/mol. The summed E-state index contributed by atoms with van der Waals surface area (Å²) in [5.74, 6) is -3.45. The van der Waals surface area contributed by atoms with E-state index < -0.39 is 35.5 Å². The molecule has 3 heterocycles. The molecule has 0 aliphatic carbocycles. The van der Waals surface area contributed by atoms with E-state index in [0.717, 1.165) is 11.0 Å². The van der Waals surface area contributed by atoms with E-state index in [4.69, 9.17) is 0 Å². The third-order valence-electron chi connectivity index (χ3n) is 5.16. The van der Waals surface area contributed by atoms with Crippen LogP contribution in [0.5, 0.6) is 0 Å². The van der Waals surface area contributed by atoms with Gasteiger partial charge in [-0.3, -0.25) is 34.2 Å². The van der Waals surface area contributed by atoms with E-state index in [1.54, 1.807) is 4.90 Å². The van der Waals surface area contributed by atoms with E-state index in [9.17, 15) is 28.4 Å². The van der Waals surface area contributed by atoms with E-state index in [-0.39, 0.29) is 48.5 Å². The number of hydrogen-bond donors (Lipinski definition) is 2. The average molecular weight is 388 g/mol. The molecule has 0 saturated carbocycles. The zero-order valence-corrected chi connectivity index (χ0v) is 14.8. The second-order valence-corrected chi connectivity index (χ2v) is 6.88. The molecule has 4 rings (SSSR count). The summed E-state index contributed by atoms with van der Waals surface area (Å²) < 4.78 is 14.7. The van der Waals surface area contributed by atoms with Crippen LogP contribution in [0.15, 0.2) is 12.1 Å². The highest BCUT2D eigenvalue weighted by molar-refractivity contribution is 6.23. The molecule has 1 unspecified atom stereocenters. The summed E-state index contributed by atoms with van der Waals surface area (Å²) in [6.07, 6.45) is 0.232. The third kappa shape index (κ3) is 2.90. The highest BCUT2D eigenvalue weighted by Crippen LogP contribution is 2.32. The van der Waals surface area contributed by atoms with Crippen LogP contribution in [0.3, 0.4) is 0 Å². The minimum absolute atomic E-state index is 0.00892. The standard InChI is InChI=1S/C18H17FN4O5/c19-11-7-9-10(8-13(11)22-5-3-14(24)20-4-6-22)18(28)23(17(9)27)12-1-2-15(25)21-16(12)26/h7-8,12H,1-6H2,(H,20,24)(H,21,25,26). The predicted molar refractivity (Wildman–Crippen MR) is 92.9 cm³/mol. The van der Waals surface area contributed by atoms with Crippen LogP contribution < -0.4 is 15.5 Å². The number of nitrogens with one attached hydrogen (secondary N) is 2. The summed E-state index contributed by atoms with van der Waals surface area (Å²) in [5, 5.41) is 4.80. The lowest BCUT2D eigenvalue weighted by Gasteiger charge is -2.27. The zero-order valence-electron chi connectivity index (χ0n) is 14.8. The van der Waals surface area contributed by atoms with Gasteiger partial charge in [0.2, 0.25) is 17.7 Å². The Balaban J connectivity index is 1.66. The fraction of sp³-hybridized carbons (Fsp3) is 0.389. The number of fused-ring (bicyclic) bond motifs is 1. The first-order chi connectivity index (χ1) is 13.4. The van der Waals surface area contributed by atoms with Gasteiger partial charge in [-0.25, -0.2) is 4.39 Å². The first-order valence-corrected chi connectivity index (χ1v) is 8.93. The largest absolute Gasteiger partial charge is 0.367 e. The molecule has 9 nitrogen and oxygen atoms in total. The van der Waals surface area contributed by atoms with Crippen molar-refractivity contribution in [2.45, 2.75) is 25.3 Å². The Morgan fingerprint density at radius 3 is 2.36 bits per heavy atom. The van der Waals surface area contributed by atoms with Crippen molar-refractivity contribution in [3.8, 4) is 0 Å². The number of nitrogens with zero attached hydrogens (tertiary/aromatic N) is 2. The Bertz CT molecular complexity index is 931. The Hall–Kier alpha value is -3.30. The van der Waals surface area contributed by atoms with E-state index in [1.807, 2.05) is 0 Å². The van der Waals surface area contributed by atoms with Crippen LogP contribution in [0, 0.1) is 5.82 Å². The molecule has 5 amide bonds. The fourth-order valence-corrected chi connectivity index (χ4v) is 3.73. The normalized spacial score (nSPS) is 22.8. The van der Waals surface area contributed by atoms with E-state index >= 15 is 0 Å². The van der Waals surface area contributed by atoms with Gasteiger partial charge in [0.15, 0.2) is 0 Å². The molecule has 1 aromatic carbocycles. The molecular formula is C18H17FN4O5. The Kier molecular flexibility index (Phi) is 4.33. The van der Waals surface area contributed by atoms with Crippen molar-refractivity contribution in [2.75, 3.05) is 24.5 Å². The van der Waals surface area contributed by atoms with Crippen molar-refractivity contribution in [1.82, 2.24) is 15.5 Å². The number of amides is 5. The Labute approximate surface area is 158 Å². The van der Waals surface area contributed by atoms with E-state index in [2.05, 4.69) is 10.6 Å². The molecule has 0 radical (unpaired) electrons. The van der Waals surface area contributed by atoms with Crippen LogP contribution in [0.4, 0.5) is 10.1 Å². The monoisotopic (exact) mass is 388 g/mol. The molecule has 0 bridgehead atoms. The maximum absolute atomic E-state index is 14.7. The van der Waals surface area contributed by atoms with Crippen molar-refractivity contribution in [3.05, 3.63) is 29.1 Å². The number of carbonyl (C=O) groups excluding carboxylic acids is 5.